The molecule has 0 spiro atoms. The number of nitrogens with zero attached hydrogens (tertiary/aromatic N) is 2. The molecule has 0 amide bonds. The number of aromatic nitrogens is 2. The Labute approximate surface area is 139 Å². The molecular weight excluding hydrogens is 398 g/mol. The van der Waals surface area contributed by atoms with Gasteiger partial charge in [0, 0.05) is 11.4 Å². The summed E-state index contributed by atoms with van der Waals surface area (Å²) in [6, 6.07) is 7.78. The summed E-state index contributed by atoms with van der Waals surface area (Å²) in [5.74, 6) is 0.722. The second kappa shape index (κ2) is 5.59. The van der Waals surface area contributed by atoms with Crippen LogP contribution in [0.3, 0.4) is 0 Å². The maximum atomic E-state index is 6.41. The van der Waals surface area contributed by atoms with Gasteiger partial charge in [0.25, 0.3) is 0 Å². The van der Waals surface area contributed by atoms with E-state index in [9.17, 15) is 0 Å². The van der Waals surface area contributed by atoms with E-state index in [1.54, 1.807) is 6.20 Å². The van der Waals surface area contributed by atoms with Crippen LogP contribution in [0.1, 0.15) is 37.4 Å². The van der Waals surface area contributed by atoms with Gasteiger partial charge in [-0.25, -0.2) is 0 Å². The number of hydrogen-bond donors (Lipinski definition) is 1. The highest BCUT2D eigenvalue weighted by Crippen LogP contribution is 2.34. The lowest BCUT2D eigenvalue weighted by atomic mass is 10.1. The first-order valence-electron chi connectivity index (χ1n) is 6.65. The van der Waals surface area contributed by atoms with Gasteiger partial charge in [-0.3, -0.25) is 4.68 Å². The summed E-state index contributed by atoms with van der Waals surface area (Å²) in [4.78, 5) is 0. The zero-order chi connectivity index (χ0) is 15.1. The molecule has 0 aliphatic rings. The molecule has 110 valence electrons. The first-order chi connectivity index (χ1) is 9.99. The smallest absolute Gasteiger partial charge is 0.148 e. The number of halogens is 2. The van der Waals surface area contributed by atoms with E-state index < -0.39 is 0 Å². The number of para-hydroxylation sites is 1. The van der Waals surface area contributed by atoms with Crippen LogP contribution in [0.25, 0.3) is 11.0 Å². The zero-order valence-corrected chi connectivity index (χ0v) is 14.8. The second-order valence-corrected chi connectivity index (χ2v) is 6.91. The average molecular weight is 413 g/mol. The van der Waals surface area contributed by atoms with Crippen molar-refractivity contribution in [3.63, 3.8) is 0 Å². The maximum Gasteiger partial charge on any atom is 0.148 e. The molecule has 1 aromatic carbocycles. The minimum Gasteiger partial charge on any atom is -0.458 e. The van der Waals surface area contributed by atoms with E-state index in [0.717, 1.165) is 31.4 Å². The fraction of sp³-hybridized carbons (Fsp3) is 0.267. The Morgan fingerprint density at radius 1 is 1.24 bits per heavy atom. The lowest BCUT2D eigenvalue weighted by molar-refractivity contribution is 0.465. The van der Waals surface area contributed by atoms with Gasteiger partial charge in [-0.2, -0.15) is 5.10 Å². The summed E-state index contributed by atoms with van der Waals surface area (Å²) >= 11 is 7.03. The van der Waals surface area contributed by atoms with Crippen molar-refractivity contribution in [3.8, 4) is 0 Å². The molecule has 0 aliphatic carbocycles. The van der Waals surface area contributed by atoms with E-state index in [1.165, 1.54) is 0 Å². The van der Waals surface area contributed by atoms with E-state index in [2.05, 4.69) is 50.8 Å². The molecule has 3 aromatic rings. The van der Waals surface area contributed by atoms with Gasteiger partial charge in [0.1, 0.15) is 17.4 Å². The number of fused-ring (bicyclic) bond motifs is 1. The predicted molar refractivity (Wildman–Crippen MR) is 90.3 cm³/mol. The highest BCUT2D eigenvalue weighted by molar-refractivity contribution is 9.11. The summed E-state index contributed by atoms with van der Waals surface area (Å²) < 4.78 is 9.67. The third-order valence-corrected chi connectivity index (χ3v) is 4.63. The number of rotatable bonds is 3. The highest BCUT2D eigenvalue weighted by atomic mass is 79.9. The van der Waals surface area contributed by atoms with Crippen LogP contribution in [0.2, 0.25) is 0 Å². The molecule has 0 bridgehead atoms. The van der Waals surface area contributed by atoms with Crippen LogP contribution < -0.4 is 5.73 Å². The summed E-state index contributed by atoms with van der Waals surface area (Å²) in [6.45, 7) is 4.15. The van der Waals surface area contributed by atoms with Crippen LogP contribution in [0, 0.1) is 0 Å². The zero-order valence-electron chi connectivity index (χ0n) is 11.7. The minimum absolute atomic E-state index is 0.230. The van der Waals surface area contributed by atoms with Gasteiger partial charge >= 0.3 is 0 Å². The molecule has 0 saturated carbocycles. The first-order valence-corrected chi connectivity index (χ1v) is 8.24. The van der Waals surface area contributed by atoms with Crippen LogP contribution in [0.5, 0.6) is 0 Å². The molecule has 1 atom stereocenters. The SMILES string of the molecule is CC(C)n1ncc(Br)c1C(N)c1cc2cccc(Br)c2o1. The molecule has 2 aromatic heterocycles. The standard InChI is InChI=1S/C15H15Br2N3O/c1-8(2)20-14(11(17)7-19-20)13(18)12-6-9-4-3-5-10(16)15(9)21-12/h3-8,13H,18H2,1-2H3. The Balaban J connectivity index is 2.10. The Morgan fingerprint density at radius 3 is 2.67 bits per heavy atom. The van der Waals surface area contributed by atoms with E-state index >= 15 is 0 Å². The Kier molecular flexibility index (Phi) is 3.94. The lowest BCUT2D eigenvalue weighted by Crippen LogP contribution is -2.18. The first kappa shape index (κ1) is 14.8. The Hall–Kier alpha value is -1.11. The molecule has 2 N–H and O–H groups in total. The van der Waals surface area contributed by atoms with Crippen molar-refractivity contribution in [3.05, 3.63) is 50.9 Å². The van der Waals surface area contributed by atoms with Gasteiger partial charge in [-0.05, 0) is 57.8 Å². The lowest BCUT2D eigenvalue weighted by Gasteiger charge is -2.15. The molecule has 4 nitrogen and oxygen atoms in total. The number of nitrogens with two attached hydrogens (primary N) is 1. The molecule has 3 rings (SSSR count). The van der Waals surface area contributed by atoms with Gasteiger partial charge in [-0.1, -0.05) is 12.1 Å². The Bertz CT molecular complexity index is 791. The van der Waals surface area contributed by atoms with Crippen LogP contribution in [0.15, 0.2) is 43.8 Å². The van der Waals surface area contributed by atoms with Gasteiger partial charge < -0.3 is 10.2 Å². The van der Waals surface area contributed by atoms with Gasteiger partial charge in [-0.15, -0.1) is 0 Å². The number of furan rings is 1. The summed E-state index contributed by atoms with van der Waals surface area (Å²) in [5.41, 5.74) is 8.15. The van der Waals surface area contributed by atoms with Crippen LogP contribution in [0.4, 0.5) is 0 Å². The van der Waals surface area contributed by atoms with E-state index in [1.807, 2.05) is 28.9 Å². The Morgan fingerprint density at radius 2 is 2.00 bits per heavy atom. The summed E-state index contributed by atoms with van der Waals surface area (Å²) in [7, 11) is 0. The summed E-state index contributed by atoms with van der Waals surface area (Å²) in [6.07, 6.45) is 1.77. The van der Waals surface area contributed by atoms with Crippen molar-refractivity contribution < 1.29 is 4.42 Å². The number of hydrogen-bond acceptors (Lipinski definition) is 3. The fourth-order valence-corrected chi connectivity index (χ4v) is 3.37. The third kappa shape index (κ3) is 2.56. The third-order valence-electron chi connectivity index (χ3n) is 3.39. The van der Waals surface area contributed by atoms with Crippen molar-refractivity contribution in [2.45, 2.75) is 25.9 Å². The topological polar surface area (TPSA) is 57.0 Å². The second-order valence-electron chi connectivity index (χ2n) is 5.20. The monoisotopic (exact) mass is 411 g/mol. The van der Waals surface area contributed by atoms with E-state index in [0.29, 0.717) is 0 Å². The number of benzene rings is 1. The molecule has 2 heterocycles. The van der Waals surface area contributed by atoms with Crippen molar-refractivity contribution in [2.75, 3.05) is 0 Å². The molecule has 0 radical (unpaired) electrons. The van der Waals surface area contributed by atoms with Crippen LogP contribution in [-0.4, -0.2) is 9.78 Å². The maximum absolute atomic E-state index is 6.41. The van der Waals surface area contributed by atoms with Gasteiger partial charge in [0.15, 0.2) is 0 Å². The molecule has 21 heavy (non-hydrogen) atoms. The van der Waals surface area contributed by atoms with Crippen molar-refractivity contribution in [1.29, 1.82) is 0 Å². The summed E-state index contributed by atoms with van der Waals surface area (Å²) in [5, 5.41) is 5.40. The highest BCUT2D eigenvalue weighted by Gasteiger charge is 2.23. The molecular formula is C15H15Br2N3O. The van der Waals surface area contributed by atoms with Crippen LogP contribution >= 0.6 is 31.9 Å². The fourth-order valence-electron chi connectivity index (χ4n) is 2.39. The van der Waals surface area contributed by atoms with Gasteiger partial charge in [0.2, 0.25) is 0 Å². The average Bonchev–Trinajstić information content (AvgIpc) is 3.02. The van der Waals surface area contributed by atoms with Gasteiger partial charge in [0.05, 0.1) is 20.8 Å². The quantitative estimate of drug-likeness (QED) is 0.673. The van der Waals surface area contributed by atoms with Crippen molar-refractivity contribution in [1.82, 2.24) is 9.78 Å². The van der Waals surface area contributed by atoms with E-state index in [-0.39, 0.29) is 12.1 Å². The van der Waals surface area contributed by atoms with Crippen LogP contribution in [-0.2, 0) is 0 Å². The van der Waals surface area contributed by atoms with Crippen molar-refractivity contribution in [2.24, 2.45) is 5.73 Å². The molecule has 0 fully saturated rings. The van der Waals surface area contributed by atoms with E-state index in [4.69, 9.17) is 10.2 Å². The molecule has 0 saturated heterocycles. The molecule has 0 aliphatic heterocycles. The molecule has 6 heteroatoms. The largest absolute Gasteiger partial charge is 0.458 e. The minimum atomic E-state index is -0.372. The molecule has 1 unspecified atom stereocenters. The normalized spacial score (nSPS) is 13.2. The predicted octanol–water partition coefficient (Wildman–Crippen LogP) is 4.78. The van der Waals surface area contributed by atoms with Crippen molar-refractivity contribution >= 4 is 42.8 Å².